The number of rotatable bonds is 6. The number of aromatic nitrogens is 3. The zero-order valence-electron chi connectivity index (χ0n) is 16.4. The minimum atomic E-state index is -3.77. The summed E-state index contributed by atoms with van der Waals surface area (Å²) < 4.78 is 27.4. The standard InChI is InChI=1S/C20H23N5O3S/c1-12-4-5-16(29(27,28)24-10-14(3)26)9-17(12)18-11-23-20(21)19(25-18)15-6-7-22-13(2)8-15/h4-9,11,14,24,26H,10H2,1-3H3,(H2,21,23)/t14-/m1/s1. The van der Waals surface area contributed by atoms with E-state index in [1.54, 1.807) is 24.4 Å². The predicted molar refractivity (Wildman–Crippen MR) is 111 cm³/mol. The van der Waals surface area contributed by atoms with E-state index in [0.717, 1.165) is 16.8 Å². The number of pyridine rings is 1. The molecule has 0 fully saturated rings. The summed E-state index contributed by atoms with van der Waals surface area (Å²) >= 11 is 0. The van der Waals surface area contributed by atoms with Crippen LogP contribution in [0.25, 0.3) is 22.5 Å². The van der Waals surface area contributed by atoms with Crippen LogP contribution in [0.5, 0.6) is 0 Å². The van der Waals surface area contributed by atoms with Crippen molar-refractivity contribution in [3.05, 3.63) is 54.0 Å². The van der Waals surface area contributed by atoms with E-state index in [1.165, 1.54) is 19.2 Å². The number of hydrogen-bond acceptors (Lipinski definition) is 7. The zero-order valence-corrected chi connectivity index (χ0v) is 17.2. The van der Waals surface area contributed by atoms with Crippen molar-refractivity contribution >= 4 is 15.8 Å². The van der Waals surface area contributed by atoms with E-state index >= 15 is 0 Å². The number of aliphatic hydroxyl groups is 1. The highest BCUT2D eigenvalue weighted by Gasteiger charge is 2.18. The minimum absolute atomic E-state index is 0.0707. The third-order valence-electron chi connectivity index (χ3n) is 4.33. The molecule has 0 spiro atoms. The largest absolute Gasteiger partial charge is 0.392 e. The molecule has 4 N–H and O–H groups in total. The molecule has 0 saturated heterocycles. The molecule has 2 aromatic heterocycles. The van der Waals surface area contributed by atoms with Crippen molar-refractivity contribution in [3.63, 3.8) is 0 Å². The Morgan fingerprint density at radius 3 is 2.62 bits per heavy atom. The number of nitrogens with one attached hydrogen (secondary N) is 1. The molecule has 9 heteroatoms. The summed E-state index contributed by atoms with van der Waals surface area (Å²) in [7, 11) is -3.77. The van der Waals surface area contributed by atoms with Gasteiger partial charge in [0.1, 0.15) is 11.5 Å². The maximum absolute atomic E-state index is 12.5. The van der Waals surface area contributed by atoms with E-state index in [2.05, 4.69) is 19.7 Å². The molecule has 0 aliphatic carbocycles. The van der Waals surface area contributed by atoms with E-state index < -0.39 is 16.1 Å². The lowest BCUT2D eigenvalue weighted by atomic mass is 10.1. The number of sulfonamides is 1. The Labute approximate surface area is 169 Å². The number of hydrogen-bond donors (Lipinski definition) is 3. The van der Waals surface area contributed by atoms with Gasteiger partial charge < -0.3 is 10.8 Å². The average molecular weight is 414 g/mol. The molecule has 152 valence electrons. The summed E-state index contributed by atoms with van der Waals surface area (Å²) in [6.45, 7) is 5.17. The number of nitrogens with zero attached hydrogens (tertiary/aromatic N) is 3. The van der Waals surface area contributed by atoms with Gasteiger partial charge in [0.15, 0.2) is 0 Å². The van der Waals surface area contributed by atoms with Crippen LogP contribution in [0.1, 0.15) is 18.2 Å². The fourth-order valence-corrected chi connectivity index (χ4v) is 3.94. The number of nitrogen functional groups attached to an aromatic ring is 1. The van der Waals surface area contributed by atoms with Gasteiger partial charge in [-0.25, -0.2) is 23.1 Å². The lowest BCUT2D eigenvalue weighted by molar-refractivity contribution is 0.198. The van der Waals surface area contributed by atoms with Gasteiger partial charge >= 0.3 is 0 Å². The van der Waals surface area contributed by atoms with Crippen LogP contribution in [0, 0.1) is 13.8 Å². The van der Waals surface area contributed by atoms with Crippen LogP contribution in [-0.4, -0.2) is 41.1 Å². The molecule has 29 heavy (non-hydrogen) atoms. The van der Waals surface area contributed by atoms with Crippen LogP contribution >= 0.6 is 0 Å². The van der Waals surface area contributed by atoms with Gasteiger partial charge in [-0.15, -0.1) is 0 Å². The molecule has 3 rings (SSSR count). The van der Waals surface area contributed by atoms with Gasteiger partial charge in [0.2, 0.25) is 10.0 Å². The first-order valence-electron chi connectivity index (χ1n) is 9.01. The summed E-state index contributed by atoms with van der Waals surface area (Å²) in [5.74, 6) is 0.277. The summed E-state index contributed by atoms with van der Waals surface area (Å²) in [4.78, 5) is 13.2. The van der Waals surface area contributed by atoms with Crippen molar-refractivity contribution in [1.29, 1.82) is 0 Å². The first-order valence-corrected chi connectivity index (χ1v) is 10.5. The second kappa shape index (κ2) is 8.24. The van der Waals surface area contributed by atoms with Crippen molar-refractivity contribution in [2.75, 3.05) is 12.3 Å². The van der Waals surface area contributed by atoms with Crippen LogP contribution in [0.3, 0.4) is 0 Å². The van der Waals surface area contributed by atoms with Crippen LogP contribution in [0.4, 0.5) is 5.82 Å². The predicted octanol–water partition coefficient (Wildman–Crippen LogP) is 2.06. The molecule has 3 aromatic rings. The number of nitrogens with two attached hydrogens (primary N) is 1. The Balaban J connectivity index is 2.06. The summed E-state index contributed by atoms with van der Waals surface area (Å²) in [6, 6.07) is 8.42. The van der Waals surface area contributed by atoms with Gasteiger partial charge in [-0.1, -0.05) is 6.07 Å². The molecule has 1 atom stereocenters. The first-order chi connectivity index (χ1) is 13.7. The highest BCUT2D eigenvalue weighted by molar-refractivity contribution is 7.89. The topological polar surface area (TPSA) is 131 Å². The van der Waals surface area contributed by atoms with Crippen molar-refractivity contribution in [2.45, 2.75) is 31.8 Å². The first kappa shape index (κ1) is 20.8. The molecule has 0 amide bonds. The van der Waals surface area contributed by atoms with Gasteiger partial charge in [-0.2, -0.15) is 0 Å². The lowest BCUT2D eigenvalue weighted by Gasteiger charge is -2.13. The molecular weight excluding hydrogens is 390 g/mol. The molecule has 0 radical (unpaired) electrons. The minimum Gasteiger partial charge on any atom is -0.392 e. The van der Waals surface area contributed by atoms with Crippen molar-refractivity contribution in [1.82, 2.24) is 19.7 Å². The van der Waals surface area contributed by atoms with Gasteiger partial charge in [-0.3, -0.25) is 4.98 Å². The van der Waals surface area contributed by atoms with Gasteiger partial charge in [0.25, 0.3) is 0 Å². The molecule has 1 aromatic carbocycles. The SMILES string of the molecule is Cc1cc(-c2nc(-c3cc(S(=O)(=O)NC[C@@H](C)O)ccc3C)cnc2N)ccn1. The van der Waals surface area contributed by atoms with Crippen molar-refractivity contribution in [3.8, 4) is 22.5 Å². The maximum atomic E-state index is 12.5. The zero-order chi connectivity index (χ0) is 21.2. The molecule has 0 aliphatic heterocycles. The fourth-order valence-electron chi connectivity index (χ4n) is 2.79. The van der Waals surface area contributed by atoms with E-state index in [4.69, 9.17) is 5.73 Å². The van der Waals surface area contributed by atoms with Crippen LogP contribution in [0.15, 0.2) is 47.6 Å². The van der Waals surface area contributed by atoms with Gasteiger partial charge in [0.05, 0.1) is 22.9 Å². The Morgan fingerprint density at radius 2 is 1.93 bits per heavy atom. The third-order valence-corrected chi connectivity index (χ3v) is 5.76. The molecule has 0 bridgehead atoms. The lowest BCUT2D eigenvalue weighted by Crippen LogP contribution is -2.30. The summed E-state index contributed by atoms with van der Waals surface area (Å²) in [5.41, 5.74) is 10.1. The second-order valence-electron chi connectivity index (χ2n) is 6.85. The highest BCUT2D eigenvalue weighted by atomic mass is 32.2. The van der Waals surface area contributed by atoms with Crippen molar-refractivity contribution in [2.24, 2.45) is 0 Å². The van der Waals surface area contributed by atoms with E-state index in [9.17, 15) is 13.5 Å². The third kappa shape index (κ3) is 4.76. The molecule has 0 unspecified atom stereocenters. The Kier molecular flexibility index (Phi) is 5.92. The molecule has 2 heterocycles. The Hall–Kier alpha value is -2.88. The monoisotopic (exact) mass is 413 g/mol. The molecule has 0 saturated carbocycles. The summed E-state index contributed by atoms with van der Waals surface area (Å²) in [6.07, 6.45) is 2.41. The summed E-state index contributed by atoms with van der Waals surface area (Å²) in [5, 5.41) is 9.36. The smallest absolute Gasteiger partial charge is 0.240 e. The molecule has 0 aliphatic rings. The maximum Gasteiger partial charge on any atom is 0.240 e. The second-order valence-corrected chi connectivity index (χ2v) is 8.62. The van der Waals surface area contributed by atoms with Crippen LogP contribution in [0.2, 0.25) is 0 Å². The number of aliphatic hydroxyl groups excluding tert-OH is 1. The van der Waals surface area contributed by atoms with E-state index in [1.807, 2.05) is 19.9 Å². The molecule has 8 nitrogen and oxygen atoms in total. The van der Waals surface area contributed by atoms with Crippen LogP contribution < -0.4 is 10.5 Å². The van der Waals surface area contributed by atoms with E-state index in [-0.39, 0.29) is 17.3 Å². The number of anilines is 1. The Bertz CT molecular complexity index is 1150. The highest BCUT2D eigenvalue weighted by Crippen LogP contribution is 2.29. The fraction of sp³-hybridized carbons (Fsp3) is 0.250. The molecular formula is C20H23N5O3S. The van der Waals surface area contributed by atoms with Crippen LogP contribution in [-0.2, 0) is 10.0 Å². The number of aryl methyl sites for hydroxylation is 2. The number of benzene rings is 1. The van der Waals surface area contributed by atoms with E-state index in [0.29, 0.717) is 17.0 Å². The van der Waals surface area contributed by atoms with Crippen molar-refractivity contribution < 1.29 is 13.5 Å². The van der Waals surface area contributed by atoms with Gasteiger partial charge in [-0.05, 0) is 50.6 Å². The van der Waals surface area contributed by atoms with Gasteiger partial charge in [0, 0.05) is 29.6 Å². The average Bonchev–Trinajstić information content (AvgIpc) is 2.67. The quantitative estimate of drug-likeness (QED) is 0.564. The normalized spacial score (nSPS) is 12.7. The Morgan fingerprint density at radius 1 is 1.17 bits per heavy atom.